The lowest BCUT2D eigenvalue weighted by Crippen LogP contribution is -2.04. The van der Waals surface area contributed by atoms with Crippen molar-refractivity contribution in [2.75, 3.05) is 7.05 Å². The zero-order valence-electron chi connectivity index (χ0n) is 11.9. The maximum Gasteiger partial charge on any atom is 0.124 e. The van der Waals surface area contributed by atoms with Gasteiger partial charge in [0.1, 0.15) is 17.3 Å². The number of rotatable bonds is 5. The van der Waals surface area contributed by atoms with Gasteiger partial charge in [0.2, 0.25) is 0 Å². The van der Waals surface area contributed by atoms with E-state index in [1.54, 1.807) is 0 Å². The molecular weight excluding hydrogens is 250 g/mol. The van der Waals surface area contributed by atoms with E-state index in [-0.39, 0.29) is 0 Å². The maximum absolute atomic E-state index is 5.83. The van der Waals surface area contributed by atoms with Gasteiger partial charge in [0.25, 0.3) is 0 Å². The molecule has 3 aromatic rings. The van der Waals surface area contributed by atoms with Crippen LogP contribution in [0.4, 0.5) is 0 Å². The number of hydrogen-bond acceptors (Lipinski definition) is 3. The Balaban J connectivity index is 1.96. The summed E-state index contributed by atoms with van der Waals surface area (Å²) in [6, 6.07) is 12.3. The van der Waals surface area contributed by atoms with Gasteiger partial charge in [-0.2, -0.15) is 0 Å². The normalized spacial score (nSPS) is 11.3. The van der Waals surface area contributed by atoms with Crippen molar-refractivity contribution in [1.82, 2.24) is 14.9 Å². The number of furan rings is 1. The zero-order valence-corrected chi connectivity index (χ0v) is 11.9. The van der Waals surface area contributed by atoms with Crippen LogP contribution in [-0.2, 0) is 19.5 Å². The van der Waals surface area contributed by atoms with Crippen molar-refractivity contribution >= 4 is 11.0 Å². The van der Waals surface area contributed by atoms with Crippen LogP contribution < -0.4 is 5.32 Å². The van der Waals surface area contributed by atoms with E-state index in [1.807, 2.05) is 25.2 Å². The minimum Gasteiger partial charge on any atom is -0.463 e. The quantitative estimate of drug-likeness (QED) is 0.774. The Morgan fingerprint density at radius 3 is 2.75 bits per heavy atom. The predicted octanol–water partition coefficient (Wildman–Crippen LogP) is 2.96. The lowest BCUT2D eigenvalue weighted by atomic mass is 10.3. The first-order chi connectivity index (χ1) is 9.81. The lowest BCUT2D eigenvalue weighted by Gasteiger charge is -2.06. The van der Waals surface area contributed by atoms with Crippen molar-refractivity contribution in [2.45, 2.75) is 26.4 Å². The van der Waals surface area contributed by atoms with Gasteiger partial charge in [0.05, 0.1) is 24.1 Å². The summed E-state index contributed by atoms with van der Waals surface area (Å²) in [5, 5.41) is 3.10. The third kappa shape index (κ3) is 2.34. The van der Waals surface area contributed by atoms with Crippen LogP contribution in [0.2, 0.25) is 0 Å². The lowest BCUT2D eigenvalue weighted by molar-refractivity contribution is 0.444. The van der Waals surface area contributed by atoms with Gasteiger partial charge < -0.3 is 14.3 Å². The van der Waals surface area contributed by atoms with Crippen molar-refractivity contribution in [3.63, 3.8) is 0 Å². The van der Waals surface area contributed by atoms with Crippen molar-refractivity contribution in [2.24, 2.45) is 0 Å². The second kappa shape index (κ2) is 5.51. The molecule has 104 valence electrons. The van der Waals surface area contributed by atoms with Gasteiger partial charge in [-0.15, -0.1) is 0 Å². The first kappa shape index (κ1) is 12.9. The molecule has 0 aliphatic heterocycles. The Morgan fingerprint density at radius 1 is 1.15 bits per heavy atom. The summed E-state index contributed by atoms with van der Waals surface area (Å²) in [6.45, 7) is 3.62. The van der Waals surface area contributed by atoms with E-state index in [9.17, 15) is 0 Å². The highest BCUT2D eigenvalue weighted by atomic mass is 16.3. The average Bonchev–Trinajstić information content (AvgIpc) is 3.05. The average molecular weight is 269 g/mol. The third-order valence-corrected chi connectivity index (χ3v) is 3.43. The van der Waals surface area contributed by atoms with Crippen molar-refractivity contribution in [1.29, 1.82) is 0 Å². The number of aryl methyl sites for hydroxylation is 1. The van der Waals surface area contributed by atoms with Gasteiger partial charge in [-0.1, -0.05) is 19.1 Å². The number of nitrogens with one attached hydrogen (secondary N) is 1. The molecule has 0 fully saturated rings. The zero-order chi connectivity index (χ0) is 13.9. The van der Waals surface area contributed by atoms with Crippen LogP contribution in [0.15, 0.2) is 40.8 Å². The third-order valence-electron chi connectivity index (χ3n) is 3.43. The summed E-state index contributed by atoms with van der Waals surface area (Å²) in [6.07, 6.45) is 0.915. The monoisotopic (exact) mass is 269 g/mol. The van der Waals surface area contributed by atoms with E-state index in [2.05, 4.69) is 40.0 Å². The van der Waals surface area contributed by atoms with Gasteiger partial charge >= 0.3 is 0 Å². The fraction of sp³-hybridized carbons (Fsp3) is 0.312. The molecule has 1 aromatic carbocycles. The summed E-state index contributed by atoms with van der Waals surface area (Å²) >= 11 is 0. The Morgan fingerprint density at radius 2 is 1.95 bits per heavy atom. The fourth-order valence-corrected chi connectivity index (χ4v) is 2.50. The van der Waals surface area contributed by atoms with Gasteiger partial charge in [-0.3, -0.25) is 0 Å². The first-order valence-corrected chi connectivity index (χ1v) is 6.98. The van der Waals surface area contributed by atoms with Gasteiger partial charge in [0.15, 0.2) is 0 Å². The number of nitrogens with zero attached hydrogens (tertiary/aromatic N) is 2. The summed E-state index contributed by atoms with van der Waals surface area (Å²) in [5.74, 6) is 3.02. The molecule has 4 nitrogen and oxygen atoms in total. The Hall–Kier alpha value is -2.07. The van der Waals surface area contributed by atoms with E-state index in [0.29, 0.717) is 0 Å². The molecule has 0 unspecified atom stereocenters. The molecule has 0 spiro atoms. The fourth-order valence-electron chi connectivity index (χ4n) is 2.50. The summed E-state index contributed by atoms with van der Waals surface area (Å²) in [5.41, 5.74) is 2.21. The molecule has 2 aromatic heterocycles. The summed E-state index contributed by atoms with van der Waals surface area (Å²) in [7, 11) is 1.92. The van der Waals surface area contributed by atoms with Crippen LogP contribution in [0.5, 0.6) is 0 Å². The highest BCUT2D eigenvalue weighted by molar-refractivity contribution is 5.76. The Bertz CT molecular complexity index is 711. The smallest absolute Gasteiger partial charge is 0.124 e. The second-order valence-corrected chi connectivity index (χ2v) is 4.85. The highest BCUT2D eigenvalue weighted by Crippen LogP contribution is 2.19. The molecule has 4 heteroatoms. The topological polar surface area (TPSA) is 43.0 Å². The van der Waals surface area contributed by atoms with Crippen molar-refractivity contribution in [3.8, 4) is 0 Å². The predicted molar refractivity (Wildman–Crippen MR) is 79.7 cm³/mol. The Kier molecular flexibility index (Phi) is 3.56. The Labute approximate surface area is 118 Å². The molecule has 0 radical (unpaired) electrons. The van der Waals surface area contributed by atoms with Crippen LogP contribution in [-0.4, -0.2) is 16.6 Å². The summed E-state index contributed by atoms with van der Waals surface area (Å²) in [4.78, 5) is 4.68. The van der Waals surface area contributed by atoms with E-state index in [4.69, 9.17) is 4.42 Å². The van der Waals surface area contributed by atoms with Crippen LogP contribution >= 0.6 is 0 Å². The maximum atomic E-state index is 5.83. The first-order valence-electron chi connectivity index (χ1n) is 6.98. The molecule has 0 aliphatic carbocycles. The molecule has 0 amide bonds. The van der Waals surface area contributed by atoms with Crippen molar-refractivity contribution < 1.29 is 4.42 Å². The molecule has 0 saturated heterocycles. The van der Waals surface area contributed by atoms with Gasteiger partial charge in [0, 0.05) is 6.42 Å². The largest absolute Gasteiger partial charge is 0.463 e. The SMILES string of the molecule is CCc1nc2ccccc2n1Cc1ccc(CNC)o1. The van der Waals surface area contributed by atoms with E-state index < -0.39 is 0 Å². The molecule has 3 rings (SSSR count). The second-order valence-electron chi connectivity index (χ2n) is 4.85. The van der Waals surface area contributed by atoms with Crippen LogP contribution in [0, 0.1) is 0 Å². The molecule has 1 N–H and O–H groups in total. The number of imidazole rings is 1. The molecule has 0 aliphatic rings. The molecule has 0 atom stereocenters. The molecule has 0 bridgehead atoms. The minimum absolute atomic E-state index is 0.730. The van der Waals surface area contributed by atoms with Crippen LogP contribution in [0.25, 0.3) is 11.0 Å². The van der Waals surface area contributed by atoms with E-state index >= 15 is 0 Å². The van der Waals surface area contributed by atoms with E-state index in [0.717, 1.165) is 47.9 Å². The number of hydrogen-bond donors (Lipinski definition) is 1. The van der Waals surface area contributed by atoms with Crippen LogP contribution in [0.3, 0.4) is 0 Å². The van der Waals surface area contributed by atoms with Gasteiger partial charge in [-0.25, -0.2) is 4.98 Å². The molecule has 0 saturated carbocycles. The summed E-state index contributed by atoms with van der Waals surface area (Å²) < 4.78 is 8.07. The number of para-hydroxylation sites is 2. The number of aromatic nitrogens is 2. The molecule has 2 heterocycles. The minimum atomic E-state index is 0.730. The van der Waals surface area contributed by atoms with Gasteiger partial charge in [-0.05, 0) is 31.3 Å². The van der Waals surface area contributed by atoms with Crippen molar-refractivity contribution in [3.05, 3.63) is 53.7 Å². The molecular formula is C16H19N3O. The standard InChI is InChI=1S/C16H19N3O/c1-3-16-18-14-6-4-5-7-15(14)19(16)11-13-9-8-12(20-13)10-17-2/h4-9,17H,3,10-11H2,1-2H3. The number of fused-ring (bicyclic) bond motifs is 1. The van der Waals surface area contributed by atoms with Crippen LogP contribution in [0.1, 0.15) is 24.3 Å². The highest BCUT2D eigenvalue weighted by Gasteiger charge is 2.11. The molecule has 20 heavy (non-hydrogen) atoms. The van der Waals surface area contributed by atoms with E-state index in [1.165, 1.54) is 0 Å². The number of benzene rings is 1.